The molecule has 0 nitrogen and oxygen atoms in total. The topological polar surface area (TPSA) is 0 Å². The maximum atomic E-state index is 4.22. The van der Waals surface area contributed by atoms with Crippen molar-refractivity contribution in [1.29, 1.82) is 0 Å². The molecule has 1 atom stereocenters. The van der Waals surface area contributed by atoms with Crippen molar-refractivity contribution in [2.24, 2.45) is 5.92 Å². The smallest absolute Gasteiger partial charge is 0.106 e. The Hall–Kier alpha value is -2.86. The van der Waals surface area contributed by atoms with Gasteiger partial charge in [-0.15, -0.1) is 13.2 Å². The molecule has 0 fully saturated rings. The van der Waals surface area contributed by atoms with Crippen molar-refractivity contribution >= 4 is 50.1 Å². The Bertz CT molecular complexity index is 1380. The van der Waals surface area contributed by atoms with E-state index in [2.05, 4.69) is 129 Å². The number of aryl methyl sites for hydroxylation is 1. The van der Waals surface area contributed by atoms with E-state index in [1.165, 1.54) is 54.5 Å². The van der Waals surface area contributed by atoms with Gasteiger partial charge in [0.2, 0.25) is 0 Å². The molecule has 0 bridgehead atoms. The summed E-state index contributed by atoms with van der Waals surface area (Å²) in [6, 6.07) is 36.2. The SMILES string of the molecule is C=C[Si](c1ccccc1)c1cccc(CC(CC)CCc2ccc3c(c2)[Si](C=C)c2ccccc2S3)c1. The van der Waals surface area contributed by atoms with Gasteiger partial charge in [0.1, 0.15) is 17.6 Å². The second kappa shape index (κ2) is 12.1. The molecule has 1 aliphatic heterocycles. The van der Waals surface area contributed by atoms with Gasteiger partial charge in [-0.25, -0.2) is 0 Å². The number of benzene rings is 4. The maximum Gasteiger partial charge on any atom is 0.149 e. The largest absolute Gasteiger partial charge is 0.149 e. The minimum atomic E-state index is -0.938. The number of fused-ring (bicyclic) bond motifs is 2. The van der Waals surface area contributed by atoms with Crippen LogP contribution in [0.5, 0.6) is 0 Å². The van der Waals surface area contributed by atoms with Crippen LogP contribution in [0.1, 0.15) is 30.9 Å². The Morgan fingerprint density at radius 3 is 2.32 bits per heavy atom. The molecule has 0 saturated carbocycles. The summed E-state index contributed by atoms with van der Waals surface area (Å²) in [5.41, 5.74) is 7.31. The fourth-order valence-electron chi connectivity index (χ4n) is 5.33. The van der Waals surface area contributed by atoms with Crippen molar-refractivity contribution < 1.29 is 0 Å². The lowest BCUT2D eigenvalue weighted by Gasteiger charge is -2.25. The molecule has 4 aromatic carbocycles. The third kappa shape index (κ3) is 5.85. The van der Waals surface area contributed by atoms with E-state index in [9.17, 15) is 0 Å². The Kier molecular flexibility index (Phi) is 8.45. The van der Waals surface area contributed by atoms with E-state index < -0.39 is 17.6 Å². The van der Waals surface area contributed by atoms with E-state index in [0.717, 1.165) is 12.8 Å². The Balaban J connectivity index is 1.28. The second-order valence-electron chi connectivity index (χ2n) is 9.75. The van der Waals surface area contributed by atoms with Crippen LogP contribution in [0.3, 0.4) is 0 Å². The zero-order chi connectivity index (χ0) is 25.6. The minimum Gasteiger partial charge on any atom is -0.106 e. The molecule has 0 amide bonds. The molecule has 1 heterocycles. The van der Waals surface area contributed by atoms with Gasteiger partial charge in [0.15, 0.2) is 0 Å². The molecule has 0 aliphatic carbocycles. The van der Waals surface area contributed by atoms with Gasteiger partial charge >= 0.3 is 0 Å². The van der Waals surface area contributed by atoms with E-state index in [-0.39, 0.29) is 0 Å². The first-order valence-electron chi connectivity index (χ1n) is 13.2. The molecule has 0 spiro atoms. The van der Waals surface area contributed by atoms with Crippen molar-refractivity contribution in [2.75, 3.05) is 0 Å². The first-order valence-corrected chi connectivity index (χ1v) is 17.2. The zero-order valence-electron chi connectivity index (χ0n) is 21.6. The highest BCUT2D eigenvalue weighted by atomic mass is 32.2. The van der Waals surface area contributed by atoms with Crippen LogP contribution in [0.2, 0.25) is 0 Å². The molecule has 0 N–H and O–H groups in total. The fourth-order valence-corrected chi connectivity index (χ4v) is 11.2. The molecule has 2 radical (unpaired) electrons. The highest BCUT2D eigenvalue weighted by Crippen LogP contribution is 2.30. The minimum absolute atomic E-state index is 0.682. The van der Waals surface area contributed by atoms with E-state index in [1.807, 2.05) is 11.8 Å². The third-order valence-corrected chi connectivity index (χ3v) is 13.6. The quantitative estimate of drug-likeness (QED) is 0.226. The molecular weight excluding hydrogens is 497 g/mol. The molecular formula is C34H34SSi2. The van der Waals surface area contributed by atoms with Crippen LogP contribution < -0.4 is 20.7 Å². The number of hydrogen-bond acceptors (Lipinski definition) is 1. The lowest BCUT2D eigenvalue weighted by atomic mass is 9.91. The van der Waals surface area contributed by atoms with E-state index in [1.54, 1.807) is 0 Å². The maximum absolute atomic E-state index is 4.22. The molecule has 4 aromatic rings. The van der Waals surface area contributed by atoms with Crippen LogP contribution in [0.25, 0.3) is 0 Å². The molecule has 37 heavy (non-hydrogen) atoms. The van der Waals surface area contributed by atoms with Gasteiger partial charge < -0.3 is 0 Å². The molecule has 184 valence electrons. The third-order valence-electron chi connectivity index (χ3n) is 7.41. The highest BCUT2D eigenvalue weighted by molar-refractivity contribution is 8.00. The van der Waals surface area contributed by atoms with Crippen molar-refractivity contribution in [3.8, 4) is 0 Å². The summed E-state index contributed by atoms with van der Waals surface area (Å²) in [5.74, 6) is 0.682. The van der Waals surface area contributed by atoms with Gasteiger partial charge in [0.25, 0.3) is 0 Å². The summed E-state index contributed by atoms with van der Waals surface area (Å²) in [5, 5.41) is 5.84. The van der Waals surface area contributed by atoms with E-state index >= 15 is 0 Å². The average Bonchev–Trinajstić information content (AvgIpc) is 2.95. The van der Waals surface area contributed by atoms with Crippen LogP contribution in [-0.2, 0) is 12.8 Å². The van der Waals surface area contributed by atoms with Gasteiger partial charge in [-0.2, -0.15) is 0 Å². The van der Waals surface area contributed by atoms with Crippen LogP contribution in [0, 0.1) is 5.92 Å². The summed E-state index contributed by atoms with van der Waals surface area (Å²) in [6.45, 7) is 10.7. The van der Waals surface area contributed by atoms with Crippen LogP contribution in [0.4, 0.5) is 0 Å². The van der Waals surface area contributed by atoms with E-state index in [0.29, 0.717) is 5.92 Å². The van der Waals surface area contributed by atoms with Gasteiger partial charge in [-0.3, -0.25) is 0 Å². The van der Waals surface area contributed by atoms with Crippen LogP contribution in [0.15, 0.2) is 131 Å². The standard InChI is InChI=1S/C34H34SSi2/c1-4-26(23-28-13-12-16-30(24-28)36(5-2)29-14-8-7-9-15-29)19-20-27-21-22-32-34(25-27)37(6-3)33-18-11-10-17-31(33)35-32/h5-18,21-22,24-26H,2-4,19-20,23H2,1H3. The summed E-state index contributed by atoms with van der Waals surface area (Å²) in [4.78, 5) is 2.82. The summed E-state index contributed by atoms with van der Waals surface area (Å²) >= 11 is 1.92. The van der Waals surface area contributed by atoms with Gasteiger partial charge in [-0.05, 0) is 58.8 Å². The average molecular weight is 531 g/mol. The molecule has 5 rings (SSSR count). The van der Waals surface area contributed by atoms with Crippen molar-refractivity contribution in [2.45, 2.75) is 42.4 Å². The molecule has 1 aliphatic rings. The second-order valence-corrected chi connectivity index (χ2v) is 15.5. The number of rotatable bonds is 10. The summed E-state index contributed by atoms with van der Waals surface area (Å²) in [7, 11) is -1.85. The highest BCUT2D eigenvalue weighted by Gasteiger charge is 2.26. The Morgan fingerprint density at radius 2 is 1.54 bits per heavy atom. The Labute approximate surface area is 230 Å². The van der Waals surface area contributed by atoms with E-state index in [4.69, 9.17) is 0 Å². The first kappa shape index (κ1) is 25.8. The Morgan fingerprint density at radius 1 is 0.784 bits per heavy atom. The summed E-state index contributed by atoms with van der Waals surface area (Å²) in [6.07, 6.45) is 4.70. The monoisotopic (exact) mass is 530 g/mol. The predicted molar refractivity (Wildman–Crippen MR) is 166 cm³/mol. The van der Waals surface area contributed by atoms with Crippen molar-refractivity contribution in [3.05, 3.63) is 133 Å². The first-order chi connectivity index (χ1) is 18.2. The van der Waals surface area contributed by atoms with Crippen molar-refractivity contribution in [1.82, 2.24) is 0 Å². The van der Waals surface area contributed by atoms with Crippen molar-refractivity contribution in [3.63, 3.8) is 0 Å². The number of hydrogen-bond donors (Lipinski definition) is 0. The molecule has 3 heteroatoms. The molecule has 0 aromatic heterocycles. The predicted octanol–water partition coefficient (Wildman–Crippen LogP) is 6.02. The molecule has 1 unspecified atom stereocenters. The zero-order valence-corrected chi connectivity index (χ0v) is 24.4. The van der Waals surface area contributed by atoms with Crippen LogP contribution >= 0.6 is 11.8 Å². The fraction of sp³-hybridized carbons (Fsp3) is 0.176. The molecule has 0 saturated heterocycles. The normalized spacial score (nSPS) is 13.6. The van der Waals surface area contributed by atoms with Gasteiger partial charge in [0.05, 0.1) is 0 Å². The summed E-state index contributed by atoms with van der Waals surface area (Å²) < 4.78 is 0. The van der Waals surface area contributed by atoms with Gasteiger partial charge in [0, 0.05) is 9.79 Å². The van der Waals surface area contributed by atoms with Gasteiger partial charge in [-0.1, -0.05) is 132 Å². The van der Waals surface area contributed by atoms with Crippen LogP contribution in [-0.4, -0.2) is 17.6 Å². The lowest BCUT2D eigenvalue weighted by Crippen LogP contribution is -2.45. The lowest BCUT2D eigenvalue weighted by molar-refractivity contribution is 0.468.